The molecule has 0 aliphatic carbocycles. The molecule has 2 rings (SSSR count). The molecule has 1 aromatic heterocycles. The average Bonchev–Trinajstić information content (AvgIpc) is 2.85. The Hall–Kier alpha value is -1.61. The number of rotatable bonds is 5. The summed E-state index contributed by atoms with van der Waals surface area (Å²) in [6.45, 7) is 7.25. The van der Waals surface area contributed by atoms with Crippen LogP contribution in [0.2, 0.25) is 0 Å². The molecular formula is C16H23N3. The standard InChI is InChI=1S/C16H23N3/c1-11(2)14-15(13-7-5-4-6-8-13)19-16(18-14)12(3)9-10-17/h4-8,11-12H,9-10,17H2,1-3H3,(H,18,19). The van der Waals surface area contributed by atoms with Crippen LogP contribution in [0, 0.1) is 0 Å². The number of imidazole rings is 1. The van der Waals surface area contributed by atoms with E-state index < -0.39 is 0 Å². The van der Waals surface area contributed by atoms with Gasteiger partial charge >= 0.3 is 0 Å². The van der Waals surface area contributed by atoms with Crippen LogP contribution >= 0.6 is 0 Å². The highest BCUT2D eigenvalue weighted by Crippen LogP contribution is 2.29. The van der Waals surface area contributed by atoms with Gasteiger partial charge in [-0.15, -0.1) is 0 Å². The zero-order valence-corrected chi connectivity index (χ0v) is 12.0. The van der Waals surface area contributed by atoms with Gasteiger partial charge in [-0.3, -0.25) is 0 Å². The smallest absolute Gasteiger partial charge is 0.109 e. The van der Waals surface area contributed by atoms with Gasteiger partial charge < -0.3 is 10.7 Å². The summed E-state index contributed by atoms with van der Waals surface area (Å²) >= 11 is 0. The molecule has 0 bridgehead atoms. The quantitative estimate of drug-likeness (QED) is 0.859. The van der Waals surface area contributed by atoms with E-state index in [1.807, 2.05) is 6.07 Å². The van der Waals surface area contributed by atoms with E-state index in [2.05, 4.69) is 50.0 Å². The molecule has 102 valence electrons. The highest BCUT2D eigenvalue weighted by molar-refractivity contribution is 5.62. The highest BCUT2D eigenvalue weighted by Gasteiger charge is 2.17. The molecule has 0 aliphatic rings. The van der Waals surface area contributed by atoms with E-state index in [1.165, 1.54) is 11.3 Å². The first-order valence-corrected chi connectivity index (χ1v) is 6.98. The Morgan fingerprint density at radius 2 is 1.84 bits per heavy atom. The molecule has 1 atom stereocenters. The fourth-order valence-corrected chi connectivity index (χ4v) is 2.26. The van der Waals surface area contributed by atoms with Crippen molar-refractivity contribution in [3.63, 3.8) is 0 Å². The van der Waals surface area contributed by atoms with Gasteiger partial charge in [-0.05, 0) is 18.9 Å². The van der Waals surface area contributed by atoms with Gasteiger partial charge in [-0.25, -0.2) is 4.98 Å². The van der Waals surface area contributed by atoms with E-state index in [1.54, 1.807) is 0 Å². The van der Waals surface area contributed by atoms with Crippen molar-refractivity contribution in [3.05, 3.63) is 41.9 Å². The van der Waals surface area contributed by atoms with Gasteiger partial charge in [0.2, 0.25) is 0 Å². The van der Waals surface area contributed by atoms with E-state index in [0.29, 0.717) is 18.4 Å². The van der Waals surface area contributed by atoms with Crippen LogP contribution in [0.3, 0.4) is 0 Å². The van der Waals surface area contributed by atoms with Crippen molar-refractivity contribution < 1.29 is 0 Å². The second-order valence-corrected chi connectivity index (χ2v) is 5.38. The van der Waals surface area contributed by atoms with Crippen molar-refractivity contribution in [1.29, 1.82) is 0 Å². The van der Waals surface area contributed by atoms with Crippen LogP contribution < -0.4 is 5.73 Å². The molecule has 1 aromatic carbocycles. The Balaban J connectivity index is 2.42. The summed E-state index contributed by atoms with van der Waals surface area (Å²) in [7, 11) is 0. The van der Waals surface area contributed by atoms with Crippen molar-refractivity contribution in [1.82, 2.24) is 9.97 Å². The van der Waals surface area contributed by atoms with Crippen molar-refractivity contribution in [2.45, 2.75) is 39.0 Å². The monoisotopic (exact) mass is 257 g/mol. The molecule has 0 fully saturated rings. The number of H-pyrrole nitrogens is 1. The summed E-state index contributed by atoms with van der Waals surface area (Å²) in [4.78, 5) is 8.31. The zero-order chi connectivity index (χ0) is 13.8. The Labute approximate surface area is 115 Å². The third-order valence-corrected chi connectivity index (χ3v) is 3.44. The molecule has 0 spiro atoms. The van der Waals surface area contributed by atoms with Crippen LogP contribution in [-0.2, 0) is 0 Å². The summed E-state index contributed by atoms with van der Waals surface area (Å²) in [5, 5.41) is 0. The molecular weight excluding hydrogens is 234 g/mol. The predicted molar refractivity (Wildman–Crippen MR) is 80.2 cm³/mol. The lowest BCUT2D eigenvalue weighted by Crippen LogP contribution is -2.05. The average molecular weight is 257 g/mol. The molecule has 3 nitrogen and oxygen atoms in total. The van der Waals surface area contributed by atoms with Crippen LogP contribution in [0.25, 0.3) is 11.3 Å². The second kappa shape index (κ2) is 6.02. The first-order valence-electron chi connectivity index (χ1n) is 6.98. The Morgan fingerprint density at radius 3 is 2.42 bits per heavy atom. The van der Waals surface area contributed by atoms with E-state index in [9.17, 15) is 0 Å². The first kappa shape index (κ1) is 13.8. The lowest BCUT2D eigenvalue weighted by atomic mass is 10.0. The summed E-state index contributed by atoms with van der Waals surface area (Å²) in [5.74, 6) is 1.86. The van der Waals surface area contributed by atoms with Crippen LogP contribution in [0.15, 0.2) is 30.3 Å². The minimum Gasteiger partial charge on any atom is -0.345 e. The predicted octanol–water partition coefficient (Wildman–Crippen LogP) is 3.65. The van der Waals surface area contributed by atoms with Gasteiger partial charge in [0.1, 0.15) is 5.82 Å². The Morgan fingerprint density at radius 1 is 1.16 bits per heavy atom. The fraction of sp³-hybridized carbons (Fsp3) is 0.438. The van der Waals surface area contributed by atoms with E-state index >= 15 is 0 Å². The third kappa shape index (κ3) is 3.04. The van der Waals surface area contributed by atoms with Crippen LogP contribution in [-0.4, -0.2) is 16.5 Å². The van der Waals surface area contributed by atoms with Gasteiger partial charge in [0.15, 0.2) is 0 Å². The van der Waals surface area contributed by atoms with Gasteiger partial charge in [-0.1, -0.05) is 51.1 Å². The summed E-state index contributed by atoms with van der Waals surface area (Å²) in [6, 6.07) is 10.4. The number of nitrogens with zero attached hydrogens (tertiary/aromatic N) is 1. The van der Waals surface area contributed by atoms with Gasteiger partial charge in [0.05, 0.1) is 5.69 Å². The maximum absolute atomic E-state index is 5.64. The van der Waals surface area contributed by atoms with Crippen LogP contribution in [0.1, 0.15) is 50.5 Å². The molecule has 0 radical (unpaired) electrons. The maximum atomic E-state index is 5.64. The number of hydrogen-bond donors (Lipinski definition) is 2. The van der Waals surface area contributed by atoms with Crippen molar-refractivity contribution in [2.75, 3.05) is 6.54 Å². The number of benzene rings is 1. The molecule has 1 heterocycles. The van der Waals surface area contributed by atoms with Crippen molar-refractivity contribution >= 4 is 0 Å². The second-order valence-electron chi connectivity index (χ2n) is 5.38. The number of aromatic nitrogens is 2. The van der Waals surface area contributed by atoms with Crippen molar-refractivity contribution in [3.8, 4) is 11.3 Å². The lowest BCUT2D eigenvalue weighted by Gasteiger charge is -2.06. The molecule has 19 heavy (non-hydrogen) atoms. The van der Waals surface area contributed by atoms with Gasteiger partial charge in [0, 0.05) is 17.2 Å². The molecule has 3 heteroatoms. The topological polar surface area (TPSA) is 54.7 Å². The number of hydrogen-bond acceptors (Lipinski definition) is 2. The van der Waals surface area contributed by atoms with Gasteiger partial charge in [-0.2, -0.15) is 0 Å². The first-order chi connectivity index (χ1) is 9.13. The number of aromatic amines is 1. The number of nitrogens with two attached hydrogens (primary N) is 1. The molecule has 0 aliphatic heterocycles. The van der Waals surface area contributed by atoms with Crippen LogP contribution in [0.5, 0.6) is 0 Å². The summed E-state index contributed by atoms with van der Waals surface area (Å²) in [5.41, 5.74) is 9.11. The molecule has 1 unspecified atom stereocenters. The van der Waals surface area contributed by atoms with Crippen LogP contribution in [0.4, 0.5) is 0 Å². The normalized spacial score (nSPS) is 12.9. The van der Waals surface area contributed by atoms with E-state index in [0.717, 1.165) is 17.9 Å². The molecule has 3 N–H and O–H groups in total. The number of nitrogens with one attached hydrogen (secondary N) is 1. The minimum atomic E-state index is 0.375. The fourth-order valence-electron chi connectivity index (χ4n) is 2.26. The third-order valence-electron chi connectivity index (χ3n) is 3.44. The molecule has 0 saturated carbocycles. The largest absolute Gasteiger partial charge is 0.345 e. The van der Waals surface area contributed by atoms with Gasteiger partial charge in [0.25, 0.3) is 0 Å². The molecule has 2 aromatic rings. The minimum absolute atomic E-state index is 0.375. The van der Waals surface area contributed by atoms with E-state index in [4.69, 9.17) is 10.7 Å². The Bertz CT molecular complexity index is 514. The Kier molecular flexibility index (Phi) is 4.38. The summed E-state index contributed by atoms with van der Waals surface area (Å²) in [6.07, 6.45) is 0.958. The van der Waals surface area contributed by atoms with Crippen molar-refractivity contribution in [2.24, 2.45) is 5.73 Å². The van der Waals surface area contributed by atoms with E-state index in [-0.39, 0.29) is 0 Å². The maximum Gasteiger partial charge on any atom is 0.109 e. The lowest BCUT2D eigenvalue weighted by molar-refractivity contribution is 0.651. The molecule has 0 saturated heterocycles. The summed E-state index contributed by atoms with van der Waals surface area (Å²) < 4.78 is 0. The zero-order valence-electron chi connectivity index (χ0n) is 12.0. The highest BCUT2D eigenvalue weighted by atomic mass is 14.9. The SMILES string of the molecule is CC(C)c1[nH]c(C(C)CCN)nc1-c1ccccc1. The molecule has 0 amide bonds.